The molecule has 2 heterocycles. The lowest BCUT2D eigenvalue weighted by Gasteiger charge is -2.16. The van der Waals surface area contributed by atoms with Crippen LogP contribution < -0.4 is 14.8 Å². The molecule has 1 aromatic carbocycles. The predicted molar refractivity (Wildman–Crippen MR) is 80.4 cm³/mol. The third kappa shape index (κ3) is 2.50. The van der Waals surface area contributed by atoms with Crippen LogP contribution in [0.5, 0.6) is 11.5 Å². The topological polar surface area (TPSA) is 77.5 Å². The average molecular weight is 298 g/mol. The summed E-state index contributed by atoms with van der Waals surface area (Å²) in [6.07, 6.45) is 1.35. The fraction of sp³-hybridized carbons (Fsp3) is 0.188. The Morgan fingerprint density at radius 3 is 2.36 bits per heavy atom. The molecule has 22 heavy (non-hydrogen) atoms. The van der Waals surface area contributed by atoms with Gasteiger partial charge in [0.25, 0.3) is 0 Å². The number of benzene rings is 1. The second-order valence-electron chi connectivity index (χ2n) is 4.86. The monoisotopic (exact) mass is 298 g/mol. The number of fused-ring (bicyclic) bond motifs is 1. The summed E-state index contributed by atoms with van der Waals surface area (Å²) in [4.78, 5) is 27.7. The first-order valence-electron chi connectivity index (χ1n) is 6.67. The largest absolute Gasteiger partial charge is 0.497 e. The summed E-state index contributed by atoms with van der Waals surface area (Å²) in [5.74, 6) is 0.745. The van der Waals surface area contributed by atoms with Gasteiger partial charge in [-0.25, -0.2) is 0 Å². The number of ether oxygens (including phenoxy) is 2. The van der Waals surface area contributed by atoms with Crippen molar-refractivity contribution in [2.75, 3.05) is 19.5 Å². The van der Waals surface area contributed by atoms with Gasteiger partial charge in [0.2, 0.25) is 5.91 Å². The zero-order chi connectivity index (χ0) is 15.7. The van der Waals surface area contributed by atoms with Crippen LogP contribution in [0.4, 0.5) is 5.69 Å². The number of pyridine rings is 1. The van der Waals surface area contributed by atoms with E-state index in [9.17, 15) is 9.59 Å². The third-order valence-electron chi connectivity index (χ3n) is 3.45. The van der Waals surface area contributed by atoms with Crippen molar-refractivity contribution in [2.24, 2.45) is 0 Å². The molecule has 0 bridgehead atoms. The molecule has 1 aliphatic rings. The lowest BCUT2D eigenvalue weighted by Crippen LogP contribution is -2.24. The molecule has 0 aliphatic carbocycles. The fourth-order valence-electron chi connectivity index (χ4n) is 2.33. The van der Waals surface area contributed by atoms with Crippen LogP contribution in [-0.4, -0.2) is 30.9 Å². The maximum atomic E-state index is 12.0. The Kier molecular flexibility index (Phi) is 3.50. The van der Waals surface area contributed by atoms with E-state index >= 15 is 0 Å². The van der Waals surface area contributed by atoms with Crippen molar-refractivity contribution in [3.63, 3.8) is 0 Å². The van der Waals surface area contributed by atoms with Gasteiger partial charge in [0.15, 0.2) is 5.78 Å². The molecule has 1 aliphatic heterocycles. The van der Waals surface area contributed by atoms with E-state index in [1.807, 2.05) is 12.1 Å². The maximum Gasteiger partial charge on any atom is 0.232 e. The molecule has 0 radical (unpaired) electrons. The van der Waals surface area contributed by atoms with Crippen LogP contribution in [0.3, 0.4) is 0 Å². The highest BCUT2D eigenvalue weighted by Crippen LogP contribution is 2.31. The highest BCUT2D eigenvalue weighted by molar-refractivity contribution is 6.18. The van der Waals surface area contributed by atoms with Gasteiger partial charge in [-0.2, -0.15) is 0 Å². The van der Waals surface area contributed by atoms with Gasteiger partial charge in [-0.05, 0) is 18.2 Å². The molecule has 6 nitrogen and oxygen atoms in total. The van der Waals surface area contributed by atoms with E-state index in [1.54, 1.807) is 26.4 Å². The van der Waals surface area contributed by atoms with E-state index < -0.39 is 0 Å². The first-order chi connectivity index (χ1) is 10.6. The smallest absolute Gasteiger partial charge is 0.232 e. The Morgan fingerprint density at radius 2 is 1.73 bits per heavy atom. The first kappa shape index (κ1) is 14.1. The summed E-state index contributed by atoms with van der Waals surface area (Å²) in [5.41, 5.74) is 2.29. The number of ketones is 1. The standard InChI is InChI=1S/C16H14N2O4/c1-21-10-3-9(4-11(5-10)22-2)13-6-12-14(8-17-13)18-16(20)7-15(12)19/h3-6,8H,7H2,1-2H3,(H,18,20). The number of hydrogen-bond donors (Lipinski definition) is 1. The van der Waals surface area contributed by atoms with Crippen LogP contribution in [0.15, 0.2) is 30.5 Å². The summed E-state index contributed by atoms with van der Waals surface area (Å²) in [5, 5.41) is 2.64. The van der Waals surface area contributed by atoms with Gasteiger partial charge in [-0.15, -0.1) is 0 Å². The highest BCUT2D eigenvalue weighted by atomic mass is 16.5. The summed E-state index contributed by atoms with van der Waals surface area (Å²) in [7, 11) is 3.13. The van der Waals surface area contributed by atoms with Crippen LogP contribution in [0.2, 0.25) is 0 Å². The second kappa shape index (κ2) is 5.48. The third-order valence-corrected chi connectivity index (χ3v) is 3.45. The molecule has 0 saturated heterocycles. The Balaban J connectivity index is 2.08. The van der Waals surface area contributed by atoms with Crippen LogP contribution in [0, 0.1) is 0 Å². The zero-order valence-electron chi connectivity index (χ0n) is 12.2. The van der Waals surface area contributed by atoms with Crippen LogP contribution in [0.25, 0.3) is 11.3 Å². The van der Waals surface area contributed by atoms with Gasteiger partial charge in [-0.1, -0.05) is 0 Å². The Bertz CT molecular complexity index is 748. The molecule has 1 N–H and O–H groups in total. The molecule has 112 valence electrons. The number of nitrogens with one attached hydrogen (secondary N) is 1. The number of hydrogen-bond acceptors (Lipinski definition) is 5. The van der Waals surface area contributed by atoms with E-state index in [-0.39, 0.29) is 18.1 Å². The molecule has 1 amide bonds. The first-order valence-corrected chi connectivity index (χ1v) is 6.67. The molecular formula is C16H14N2O4. The van der Waals surface area contributed by atoms with Gasteiger partial charge >= 0.3 is 0 Å². The lowest BCUT2D eigenvalue weighted by molar-refractivity contribution is -0.115. The minimum atomic E-state index is -0.310. The molecule has 0 saturated carbocycles. The van der Waals surface area contributed by atoms with E-state index in [0.717, 1.165) is 5.56 Å². The van der Waals surface area contributed by atoms with Crippen LogP contribution in [0.1, 0.15) is 16.8 Å². The number of rotatable bonds is 3. The number of aromatic nitrogens is 1. The zero-order valence-corrected chi connectivity index (χ0v) is 12.2. The number of carbonyl (C=O) groups excluding carboxylic acids is 2. The van der Waals surface area contributed by atoms with Crippen molar-refractivity contribution < 1.29 is 19.1 Å². The van der Waals surface area contributed by atoms with E-state index in [1.165, 1.54) is 6.20 Å². The number of amides is 1. The van der Waals surface area contributed by atoms with Gasteiger partial charge in [0.05, 0.1) is 38.2 Å². The number of methoxy groups -OCH3 is 2. The van der Waals surface area contributed by atoms with Crippen molar-refractivity contribution in [2.45, 2.75) is 6.42 Å². The Hall–Kier alpha value is -2.89. The summed E-state index contributed by atoms with van der Waals surface area (Å²) >= 11 is 0. The van der Waals surface area contributed by atoms with Crippen molar-refractivity contribution in [3.05, 3.63) is 36.0 Å². The van der Waals surface area contributed by atoms with Crippen molar-refractivity contribution in [1.29, 1.82) is 0 Å². The number of Topliss-reactive ketones (excluding diaryl/α,β-unsaturated/α-hetero) is 1. The van der Waals surface area contributed by atoms with E-state index in [0.29, 0.717) is 28.4 Å². The SMILES string of the molecule is COc1cc(OC)cc(-c2cc3c(cn2)NC(=O)CC3=O)c1. The molecule has 1 aromatic heterocycles. The number of anilines is 1. The minimum Gasteiger partial charge on any atom is -0.497 e. The lowest BCUT2D eigenvalue weighted by atomic mass is 10.0. The molecule has 3 rings (SSSR count). The molecular weight excluding hydrogens is 284 g/mol. The van der Waals surface area contributed by atoms with Crippen molar-refractivity contribution in [1.82, 2.24) is 4.98 Å². The summed E-state index contributed by atoms with van der Waals surface area (Å²) in [6.45, 7) is 0. The second-order valence-corrected chi connectivity index (χ2v) is 4.86. The Labute approximate surface area is 127 Å². The van der Waals surface area contributed by atoms with Gasteiger partial charge in [-0.3, -0.25) is 14.6 Å². The quantitative estimate of drug-likeness (QED) is 0.880. The van der Waals surface area contributed by atoms with Crippen LogP contribution >= 0.6 is 0 Å². The van der Waals surface area contributed by atoms with Gasteiger partial charge < -0.3 is 14.8 Å². The molecule has 0 unspecified atom stereocenters. The average Bonchev–Trinajstić information content (AvgIpc) is 2.53. The minimum absolute atomic E-state index is 0.141. The van der Waals surface area contributed by atoms with Gasteiger partial charge in [0, 0.05) is 17.2 Å². The van der Waals surface area contributed by atoms with Crippen molar-refractivity contribution in [3.8, 4) is 22.8 Å². The molecule has 0 spiro atoms. The maximum absolute atomic E-state index is 12.0. The normalized spacial score (nSPS) is 13.4. The molecule has 6 heteroatoms. The molecule has 0 atom stereocenters. The summed E-state index contributed by atoms with van der Waals surface area (Å²) < 4.78 is 10.5. The molecule has 0 fully saturated rings. The summed E-state index contributed by atoms with van der Waals surface area (Å²) in [6, 6.07) is 7.05. The van der Waals surface area contributed by atoms with E-state index in [4.69, 9.17) is 9.47 Å². The highest BCUT2D eigenvalue weighted by Gasteiger charge is 2.23. The molecule has 2 aromatic rings. The number of carbonyl (C=O) groups is 2. The van der Waals surface area contributed by atoms with Crippen molar-refractivity contribution >= 4 is 17.4 Å². The predicted octanol–water partition coefficient (Wildman–Crippen LogP) is 2.29. The van der Waals surface area contributed by atoms with Crippen LogP contribution in [-0.2, 0) is 4.79 Å². The van der Waals surface area contributed by atoms with E-state index in [2.05, 4.69) is 10.3 Å². The Morgan fingerprint density at radius 1 is 1.05 bits per heavy atom. The fourth-order valence-corrected chi connectivity index (χ4v) is 2.33. The number of nitrogens with zero attached hydrogens (tertiary/aromatic N) is 1. The van der Waals surface area contributed by atoms with Gasteiger partial charge in [0.1, 0.15) is 11.5 Å².